The van der Waals surface area contributed by atoms with Gasteiger partial charge < -0.3 is 19.5 Å². The van der Waals surface area contributed by atoms with Gasteiger partial charge in [-0.15, -0.1) is 0 Å². The summed E-state index contributed by atoms with van der Waals surface area (Å²) >= 11 is 0. The van der Waals surface area contributed by atoms with Gasteiger partial charge in [-0.3, -0.25) is 0 Å². The third-order valence-electron chi connectivity index (χ3n) is 2.54. The van der Waals surface area contributed by atoms with Crippen LogP contribution in [0.5, 0.6) is 11.5 Å². The zero-order valence-corrected chi connectivity index (χ0v) is 11.7. The molecule has 0 spiro atoms. The number of hydrogen-bond acceptors (Lipinski definition) is 4. The Morgan fingerprint density at radius 1 is 1.17 bits per heavy atom. The molecule has 18 heavy (non-hydrogen) atoms. The average molecular weight is 253 g/mol. The van der Waals surface area contributed by atoms with Crippen molar-refractivity contribution in [1.82, 2.24) is 0 Å². The van der Waals surface area contributed by atoms with Crippen LogP contribution in [-0.2, 0) is 4.74 Å². The molecule has 0 radical (unpaired) electrons. The van der Waals surface area contributed by atoms with Crippen molar-refractivity contribution in [3.63, 3.8) is 0 Å². The van der Waals surface area contributed by atoms with Crippen LogP contribution in [0.15, 0.2) is 18.2 Å². The summed E-state index contributed by atoms with van der Waals surface area (Å²) in [6, 6.07) is 5.80. The largest absolute Gasteiger partial charge is 0.494 e. The lowest BCUT2D eigenvalue weighted by Crippen LogP contribution is -2.18. The fourth-order valence-electron chi connectivity index (χ4n) is 1.52. The van der Waals surface area contributed by atoms with Gasteiger partial charge in [0, 0.05) is 19.7 Å². The molecule has 0 aromatic heterocycles. The summed E-state index contributed by atoms with van der Waals surface area (Å²) in [5, 5.41) is 3.32. The number of ether oxygens (including phenoxy) is 3. The zero-order chi connectivity index (χ0) is 13.4. The Kier molecular flexibility index (Phi) is 6.36. The second-order valence-electron chi connectivity index (χ2n) is 3.95. The molecule has 0 aliphatic heterocycles. The van der Waals surface area contributed by atoms with Crippen LogP contribution in [0.1, 0.15) is 20.8 Å². The molecule has 4 nitrogen and oxygen atoms in total. The van der Waals surface area contributed by atoms with E-state index in [4.69, 9.17) is 14.2 Å². The third kappa shape index (κ3) is 4.45. The third-order valence-corrected chi connectivity index (χ3v) is 2.54. The first kappa shape index (κ1) is 14.6. The van der Waals surface area contributed by atoms with E-state index in [1.54, 1.807) is 7.11 Å². The Bertz CT molecular complexity index is 355. The number of anilines is 1. The highest BCUT2D eigenvalue weighted by molar-refractivity contribution is 5.59. The number of nitrogens with one attached hydrogen (secondary N) is 1. The SMILES string of the molecule is CCOc1ccc(OCC)c(NCC(C)OC)c1. The maximum Gasteiger partial charge on any atom is 0.142 e. The van der Waals surface area contributed by atoms with Crippen molar-refractivity contribution in [2.24, 2.45) is 0 Å². The van der Waals surface area contributed by atoms with Gasteiger partial charge in [-0.2, -0.15) is 0 Å². The molecule has 0 heterocycles. The highest BCUT2D eigenvalue weighted by atomic mass is 16.5. The molecule has 1 N–H and O–H groups in total. The molecule has 1 aromatic carbocycles. The summed E-state index contributed by atoms with van der Waals surface area (Å²) < 4.78 is 16.3. The first-order valence-electron chi connectivity index (χ1n) is 6.37. The first-order valence-corrected chi connectivity index (χ1v) is 6.37. The van der Waals surface area contributed by atoms with Crippen LogP contribution in [0.3, 0.4) is 0 Å². The van der Waals surface area contributed by atoms with Crippen LogP contribution in [0.2, 0.25) is 0 Å². The molecule has 4 heteroatoms. The van der Waals surface area contributed by atoms with Crippen molar-refractivity contribution >= 4 is 5.69 Å². The summed E-state index contributed by atoms with van der Waals surface area (Å²) in [4.78, 5) is 0. The molecule has 0 bridgehead atoms. The lowest BCUT2D eigenvalue weighted by atomic mass is 10.2. The second kappa shape index (κ2) is 7.82. The molecule has 0 saturated carbocycles. The summed E-state index contributed by atoms with van der Waals surface area (Å²) in [5.74, 6) is 1.68. The van der Waals surface area contributed by atoms with Gasteiger partial charge in [-0.1, -0.05) is 0 Å². The van der Waals surface area contributed by atoms with E-state index in [9.17, 15) is 0 Å². The minimum Gasteiger partial charge on any atom is -0.494 e. The lowest BCUT2D eigenvalue weighted by Gasteiger charge is -2.16. The van der Waals surface area contributed by atoms with Gasteiger partial charge in [-0.25, -0.2) is 0 Å². The molecule has 1 aromatic rings. The van der Waals surface area contributed by atoms with Crippen molar-refractivity contribution in [1.29, 1.82) is 0 Å². The van der Waals surface area contributed by atoms with Crippen molar-refractivity contribution in [2.75, 3.05) is 32.2 Å². The first-order chi connectivity index (χ1) is 8.71. The number of rotatable bonds is 8. The molecule has 1 unspecified atom stereocenters. The number of hydrogen-bond donors (Lipinski definition) is 1. The van der Waals surface area contributed by atoms with E-state index in [0.717, 1.165) is 23.7 Å². The van der Waals surface area contributed by atoms with Crippen molar-refractivity contribution in [2.45, 2.75) is 26.9 Å². The lowest BCUT2D eigenvalue weighted by molar-refractivity contribution is 0.128. The highest BCUT2D eigenvalue weighted by Gasteiger charge is 2.07. The smallest absolute Gasteiger partial charge is 0.142 e. The molecule has 1 rings (SSSR count). The Hall–Kier alpha value is -1.42. The predicted molar refractivity (Wildman–Crippen MR) is 73.7 cm³/mol. The van der Waals surface area contributed by atoms with Crippen LogP contribution >= 0.6 is 0 Å². The van der Waals surface area contributed by atoms with E-state index in [1.165, 1.54) is 0 Å². The van der Waals surface area contributed by atoms with Crippen molar-refractivity contribution in [3.05, 3.63) is 18.2 Å². The summed E-state index contributed by atoms with van der Waals surface area (Å²) in [6.45, 7) is 7.98. The van der Waals surface area contributed by atoms with E-state index >= 15 is 0 Å². The number of methoxy groups -OCH3 is 1. The van der Waals surface area contributed by atoms with Crippen LogP contribution in [0.4, 0.5) is 5.69 Å². The Morgan fingerprint density at radius 3 is 2.50 bits per heavy atom. The second-order valence-corrected chi connectivity index (χ2v) is 3.95. The molecule has 102 valence electrons. The molecule has 0 fully saturated rings. The minimum atomic E-state index is 0.148. The van der Waals surface area contributed by atoms with Crippen molar-refractivity contribution < 1.29 is 14.2 Å². The molecule has 0 amide bonds. The minimum absolute atomic E-state index is 0.148. The normalized spacial score (nSPS) is 12.0. The van der Waals surface area contributed by atoms with Gasteiger partial charge in [0.1, 0.15) is 11.5 Å². The molecule has 0 aliphatic rings. The van der Waals surface area contributed by atoms with Gasteiger partial charge in [0.05, 0.1) is 25.0 Å². The molecular weight excluding hydrogens is 230 g/mol. The van der Waals surface area contributed by atoms with E-state index < -0.39 is 0 Å². The van der Waals surface area contributed by atoms with Gasteiger partial charge in [0.25, 0.3) is 0 Å². The molecule has 0 saturated heterocycles. The maximum atomic E-state index is 5.58. The number of benzene rings is 1. The highest BCUT2D eigenvalue weighted by Crippen LogP contribution is 2.29. The van der Waals surface area contributed by atoms with Crippen LogP contribution in [0, 0.1) is 0 Å². The standard InChI is InChI=1S/C14H23NO3/c1-5-17-12-7-8-14(18-6-2)13(9-12)15-10-11(3)16-4/h7-9,11,15H,5-6,10H2,1-4H3. The van der Waals surface area contributed by atoms with Gasteiger partial charge in [0.2, 0.25) is 0 Å². The van der Waals surface area contributed by atoms with E-state index in [2.05, 4.69) is 5.32 Å². The summed E-state index contributed by atoms with van der Waals surface area (Å²) in [6.07, 6.45) is 0.148. The van der Waals surface area contributed by atoms with E-state index in [1.807, 2.05) is 39.0 Å². The Morgan fingerprint density at radius 2 is 1.89 bits per heavy atom. The quantitative estimate of drug-likeness (QED) is 0.773. The van der Waals surface area contributed by atoms with E-state index in [-0.39, 0.29) is 6.10 Å². The molecule has 0 aliphatic carbocycles. The fraction of sp³-hybridized carbons (Fsp3) is 0.571. The average Bonchev–Trinajstić information content (AvgIpc) is 2.39. The van der Waals surface area contributed by atoms with Crippen LogP contribution in [-0.4, -0.2) is 33.0 Å². The zero-order valence-electron chi connectivity index (χ0n) is 11.7. The topological polar surface area (TPSA) is 39.7 Å². The summed E-state index contributed by atoms with van der Waals surface area (Å²) in [5.41, 5.74) is 0.937. The summed E-state index contributed by atoms with van der Waals surface area (Å²) in [7, 11) is 1.70. The predicted octanol–water partition coefficient (Wildman–Crippen LogP) is 2.93. The monoisotopic (exact) mass is 253 g/mol. The van der Waals surface area contributed by atoms with Gasteiger partial charge in [0.15, 0.2) is 0 Å². The Balaban J connectivity index is 2.78. The van der Waals surface area contributed by atoms with Gasteiger partial charge >= 0.3 is 0 Å². The fourth-order valence-corrected chi connectivity index (χ4v) is 1.52. The van der Waals surface area contributed by atoms with Crippen LogP contribution in [0.25, 0.3) is 0 Å². The van der Waals surface area contributed by atoms with Crippen molar-refractivity contribution in [3.8, 4) is 11.5 Å². The van der Waals surface area contributed by atoms with E-state index in [0.29, 0.717) is 13.2 Å². The molecular formula is C14H23NO3. The molecule has 1 atom stereocenters. The van der Waals surface area contributed by atoms with Gasteiger partial charge in [-0.05, 0) is 32.9 Å². The Labute approximate surface area is 109 Å². The maximum absolute atomic E-state index is 5.58. The van der Waals surface area contributed by atoms with Crippen LogP contribution < -0.4 is 14.8 Å².